The molecule has 3 heteroatoms. The van der Waals surface area contributed by atoms with E-state index in [1.54, 1.807) is 7.11 Å². The normalized spacial score (nSPS) is 12.7. The molecule has 0 amide bonds. The number of rotatable bonds is 11. The number of aliphatic hydroxyl groups is 1. The second kappa shape index (κ2) is 11.4. The third kappa shape index (κ3) is 7.88. The molecule has 1 rings (SSSR count). The van der Waals surface area contributed by atoms with E-state index < -0.39 is 0 Å². The first-order valence-electron chi connectivity index (χ1n) is 7.80. The summed E-state index contributed by atoms with van der Waals surface area (Å²) in [5.74, 6) is 0.840. The number of aliphatic hydroxyl groups excluding tert-OH is 1. The zero-order chi connectivity index (χ0) is 15.3. The summed E-state index contributed by atoms with van der Waals surface area (Å²) < 4.78 is 10.9. The van der Waals surface area contributed by atoms with E-state index in [2.05, 4.69) is 19.1 Å². The topological polar surface area (TPSA) is 38.7 Å². The molecule has 0 bridgehead atoms. The minimum atomic E-state index is -0.130. The van der Waals surface area contributed by atoms with Crippen molar-refractivity contribution in [2.24, 2.45) is 0 Å². The highest BCUT2D eigenvalue weighted by Gasteiger charge is 2.06. The van der Waals surface area contributed by atoms with Crippen molar-refractivity contribution in [1.29, 1.82) is 0 Å². The largest absolute Gasteiger partial charge is 0.497 e. The molecule has 0 aliphatic heterocycles. The molecule has 0 unspecified atom stereocenters. The summed E-state index contributed by atoms with van der Waals surface area (Å²) in [6.07, 6.45) is 9.82. The second-order valence-corrected chi connectivity index (χ2v) is 5.17. The Balaban J connectivity index is 2.26. The number of ether oxygens (including phenoxy) is 2. The molecule has 3 nitrogen and oxygen atoms in total. The lowest BCUT2D eigenvalue weighted by Gasteiger charge is -2.13. The molecule has 0 saturated heterocycles. The maximum absolute atomic E-state index is 9.35. The van der Waals surface area contributed by atoms with Gasteiger partial charge in [-0.15, -0.1) is 0 Å². The van der Waals surface area contributed by atoms with Crippen LogP contribution in [0.5, 0.6) is 5.75 Å². The molecule has 0 aliphatic rings. The molecule has 118 valence electrons. The summed E-state index contributed by atoms with van der Waals surface area (Å²) >= 11 is 0. The van der Waals surface area contributed by atoms with Gasteiger partial charge in [-0.3, -0.25) is 0 Å². The number of hydrogen-bond acceptors (Lipinski definition) is 3. The highest BCUT2D eigenvalue weighted by atomic mass is 16.5. The minimum absolute atomic E-state index is 0.0510. The fourth-order valence-electron chi connectivity index (χ4n) is 2.01. The molecule has 0 saturated carbocycles. The molecule has 1 aromatic rings. The van der Waals surface area contributed by atoms with Crippen LogP contribution in [0.15, 0.2) is 36.4 Å². The highest BCUT2D eigenvalue weighted by molar-refractivity contribution is 5.26. The van der Waals surface area contributed by atoms with Crippen LogP contribution < -0.4 is 4.74 Å². The first-order chi connectivity index (χ1) is 10.3. The zero-order valence-corrected chi connectivity index (χ0v) is 13.3. The van der Waals surface area contributed by atoms with Crippen molar-refractivity contribution in [2.45, 2.75) is 51.7 Å². The Hall–Kier alpha value is -1.32. The number of methoxy groups -OCH3 is 1. The van der Waals surface area contributed by atoms with Gasteiger partial charge in [0.15, 0.2) is 0 Å². The van der Waals surface area contributed by atoms with Gasteiger partial charge >= 0.3 is 0 Å². The molecule has 1 atom stereocenters. The molecule has 21 heavy (non-hydrogen) atoms. The van der Waals surface area contributed by atoms with Crippen molar-refractivity contribution in [3.05, 3.63) is 42.0 Å². The molecule has 0 heterocycles. The van der Waals surface area contributed by atoms with Crippen molar-refractivity contribution >= 4 is 0 Å². The monoisotopic (exact) mass is 292 g/mol. The summed E-state index contributed by atoms with van der Waals surface area (Å²) in [5, 5.41) is 9.35. The van der Waals surface area contributed by atoms with Crippen LogP contribution in [0.25, 0.3) is 0 Å². The van der Waals surface area contributed by atoms with Gasteiger partial charge in [-0.05, 0) is 37.0 Å². The number of allylic oxidation sites excluding steroid dienone is 1. The Kier molecular flexibility index (Phi) is 9.58. The van der Waals surface area contributed by atoms with Gasteiger partial charge in [-0.2, -0.15) is 0 Å². The van der Waals surface area contributed by atoms with Gasteiger partial charge in [-0.25, -0.2) is 0 Å². The van der Waals surface area contributed by atoms with E-state index in [0.29, 0.717) is 6.61 Å². The lowest BCUT2D eigenvalue weighted by molar-refractivity contribution is 0.00470. The Labute approximate surface area is 128 Å². The maximum Gasteiger partial charge on any atom is 0.118 e. The van der Waals surface area contributed by atoms with Crippen LogP contribution in [-0.4, -0.2) is 24.9 Å². The van der Waals surface area contributed by atoms with E-state index in [9.17, 15) is 5.11 Å². The van der Waals surface area contributed by atoms with Crippen LogP contribution in [0, 0.1) is 0 Å². The maximum atomic E-state index is 9.35. The van der Waals surface area contributed by atoms with Gasteiger partial charge in [0.25, 0.3) is 0 Å². The van der Waals surface area contributed by atoms with Crippen LogP contribution in [0.4, 0.5) is 0 Å². The van der Waals surface area contributed by atoms with E-state index in [4.69, 9.17) is 9.47 Å². The van der Waals surface area contributed by atoms with Crippen molar-refractivity contribution < 1.29 is 14.6 Å². The Morgan fingerprint density at radius 3 is 2.52 bits per heavy atom. The summed E-state index contributed by atoms with van der Waals surface area (Å²) in [6.45, 7) is 2.77. The van der Waals surface area contributed by atoms with E-state index in [1.807, 2.05) is 24.3 Å². The Morgan fingerprint density at radius 1 is 1.14 bits per heavy atom. The second-order valence-electron chi connectivity index (χ2n) is 5.17. The fraction of sp³-hybridized carbons (Fsp3) is 0.556. The molecule has 0 radical (unpaired) electrons. The average Bonchev–Trinajstić information content (AvgIpc) is 2.54. The van der Waals surface area contributed by atoms with E-state index in [-0.39, 0.29) is 12.7 Å². The van der Waals surface area contributed by atoms with E-state index in [1.165, 1.54) is 19.3 Å². The molecule has 0 spiro atoms. The lowest BCUT2D eigenvalue weighted by atomic mass is 10.1. The van der Waals surface area contributed by atoms with Crippen molar-refractivity contribution in [2.75, 3.05) is 13.7 Å². The molecule has 0 aromatic heterocycles. The van der Waals surface area contributed by atoms with Gasteiger partial charge in [-0.1, -0.05) is 44.1 Å². The van der Waals surface area contributed by atoms with E-state index >= 15 is 0 Å². The summed E-state index contributed by atoms with van der Waals surface area (Å²) in [4.78, 5) is 0. The van der Waals surface area contributed by atoms with E-state index in [0.717, 1.165) is 24.2 Å². The van der Waals surface area contributed by atoms with Gasteiger partial charge in [0.2, 0.25) is 0 Å². The first-order valence-corrected chi connectivity index (χ1v) is 7.80. The lowest BCUT2D eigenvalue weighted by Crippen LogP contribution is -2.16. The predicted molar refractivity (Wildman–Crippen MR) is 86.6 cm³/mol. The van der Waals surface area contributed by atoms with Crippen LogP contribution in [0.3, 0.4) is 0 Å². The van der Waals surface area contributed by atoms with Gasteiger partial charge in [0.1, 0.15) is 5.75 Å². The number of benzene rings is 1. The molecule has 0 fully saturated rings. The molecule has 1 N–H and O–H groups in total. The zero-order valence-electron chi connectivity index (χ0n) is 13.3. The van der Waals surface area contributed by atoms with Gasteiger partial charge < -0.3 is 14.6 Å². The van der Waals surface area contributed by atoms with Gasteiger partial charge in [0.05, 0.1) is 26.4 Å². The molecular formula is C18H28O3. The summed E-state index contributed by atoms with van der Waals surface area (Å²) in [7, 11) is 1.65. The third-order valence-corrected chi connectivity index (χ3v) is 3.39. The van der Waals surface area contributed by atoms with Crippen LogP contribution in [0.2, 0.25) is 0 Å². The van der Waals surface area contributed by atoms with Crippen LogP contribution in [-0.2, 0) is 11.3 Å². The number of hydrogen-bond donors (Lipinski definition) is 1. The average molecular weight is 292 g/mol. The Bertz CT molecular complexity index is 384. The molecule has 0 aliphatic carbocycles. The quantitative estimate of drug-likeness (QED) is 0.493. The third-order valence-electron chi connectivity index (χ3n) is 3.39. The summed E-state index contributed by atoms with van der Waals surface area (Å²) in [6, 6.07) is 7.79. The minimum Gasteiger partial charge on any atom is -0.497 e. The fourth-order valence-corrected chi connectivity index (χ4v) is 2.01. The first kappa shape index (κ1) is 17.7. The van der Waals surface area contributed by atoms with Gasteiger partial charge in [0, 0.05) is 0 Å². The van der Waals surface area contributed by atoms with Crippen molar-refractivity contribution in [1.82, 2.24) is 0 Å². The smallest absolute Gasteiger partial charge is 0.118 e. The highest BCUT2D eigenvalue weighted by Crippen LogP contribution is 2.13. The van der Waals surface area contributed by atoms with Crippen molar-refractivity contribution in [3.63, 3.8) is 0 Å². The Morgan fingerprint density at radius 2 is 1.90 bits per heavy atom. The van der Waals surface area contributed by atoms with Crippen LogP contribution in [0.1, 0.15) is 44.6 Å². The predicted octanol–water partition coefficient (Wildman–Crippen LogP) is 4.10. The standard InChI is InChI=1S/C18H28O3/c1-3-4-5-6-7-8-9-18(14-19)21-15-16-10-12-17(20-2)13-11-16/h7-8,10-13,18-19H,3-6,9,14-15H2,1-2H3/b8-7-/t18-/m0/s1. The number of unbranched alkanes of at least 4 members (excludes halogenated alkanes) is 3. The SMILES string of the molecule is CCCCC/C=C\C[C@@H](CO)OCc1ccc(OC)cc1. The summed E-state index contributed by atoms with van der Waals surface area (Å²) in [5.41, 5.74) is 1.08. The van der Waals surface area contributed by atoms with Crippen molar-refractivity contribution in [3.8, 4) is 5.75 Å². The molecule has 1 aromatic carbocycles. The van der Waals surface area contributed by atoms with Crippen LogP contribution >= 0.6 is 0 Å². The molecular weight excluding hydrogens is 264 g/mol.